The lowest BCUT2D eigenvalue weighted by Crippen LogP contribution is -2.34. The molecule has 0 saturated heterocycles. The van der Waals surface area contributed by atoms with Crippen molar-refractivity contribution in [2.75, 3.05) is 10.6 Å². The smallest absolute Gasteiger partial charge is 0.224 e. The minimum atomic E-state index is -0.241. The maximum atomic E-state index is 11.8. The third-order valence-electron chi connectivity index (χ3n) is 5.24. The Morgan fingerprint density at radius 2 is 2.10 bits per heavy atom. The molecule has 0 unspecified atom stereocenters. The standard InChI is InChI=1S/C22H27N5O2/c1-3-18(28)12-15-7-4-5-10-19(15)26-21-14(2)13-24-22(27-21)25-17-9-6-8-16(11-17)20(23)29/h3-5,7,10,13,16-17H,1,6,8-9,11-12H2,2H3,(H2,23,29)(H2,24,25,26,27)/t16-,17+/m1/s1. The minimum Gasteiger partial charge on any atom is -0.369 e. The maximum absolute atomic E-state index is 11.8. The molecule has 1 aliphatic rings. The van der Waals surface area contributed by atoms with Gasteiger partial charge in [-0.2, -0.15) is 4.98 Å². The van der Waals surface area contributed by atoms with Crippen molar-refractivity contribution in [2.24, 2.45) is 11.7 Å². The van der Waals surface area contributed by atoms with E-state index in [2.05, 4.69) is 27.2 Å². The molecule has 0 spiro atoms. The van der Waals surface area contributed by atoms with Crippen molar-refractivity contribution >= 4 is 29.1 Å². The molecule has 2 aromatic rings. The molecule has 1 amide bonds. The van der Waals surface area contributed by atoms with Gasteiger partial charge in [-0.3, -0.25) is 9.59 Å². The summed E-state index contributed by atoms with van der Waals surface area (Å²) in [6, 6.07) is 7.75. The summed E-state index contributed by atoms with van der Waals surface area (Å²) in [6.07, 6.45) is 6.81. The van der Waals surface area contributed by atoms with E-state index in [9.17, 15) is 9.59 Å². The molecule has 1 aromatic heterocycles. The number of hydrogen-bond acceptors (Lipinski definition) is 6. The third-order valence-corrected chi connectivity index (χ3v) is 5.24. The van der Waals surface area contributed by atoms with Crippen LogP contribution in [0.25, 0.3) is 0 Å². The molecule has 0 bridgehead atoms. The van der Waals surface area contributed by atoms with E-state index in [1.165, 1.54) is 6.08 Å². The van der Waals surface area contributed by atoms with E-state index in [4.69, 9.17) is 5.73 Å². The van der Waals surface area contributed by atoms with Gasteiger partial charge in [0.25, 0.3) is 0 Å². The van der Waals surface area contributed by atoms with Gasteiger partial charge in [0.2, 0.25) is 11.9 Å². The Balaban J connectivity index is 1.76. The van der Waals surface area contributed by atoms with Crippen LogP contribution in [0.3, 0.4) is 0 Å². The molecule has 4 N–H and O–H groups in total. The fourth-order valence-electron chi connectivity index (χ4n) is 3.58. The van der Waals surface area contributed by atoms with Gasteiger partial charge in [0, 0.05) is 35.8 Å². The molecule has 7 nitrogen and oxygen atoms in total. The van der Waals surface area contributed by atoms with Crippen LogP contribution in [0.1, 0.15) is 36.8 Å². The van der Waals surface area contributed by atoms with E-state index in [0.717, 1.165) is 36.1 Å². The quantitative estimate of drug-likeness (QED) is 0.594. The lowest BCUT2D eigenvalue weighted by Gasteiger charge is -2.28. The average Bonchev–Trinajstić information content (AvgIpc) is 2.72. The zero-order chi connectivity index (χ0) is 20.8. The number of para-hydroxylation sites is 1. The summed E-state index contributed by atoms with van der Waals surface area (Å²) in [5.41, 5.74) is 8.06. The van der Waals surface area contributed by atoms with E-state index >= 15 is 0 Å². The van der Waals surface area contributed by atoms with Crippen molar-refractivity contribution in [3.8, 4) is 0 Å². The first-order valence-corrected chi connectivity index (χ1v) is 9.86. The largest absolute Gasteiger partial charge is 0.369 e. The van der Waals surface area contributed by atoms with E-state index < -0.39 is 0 Å². The number of nitrogens with zero attached hydrogens (tertiary/aromatic N) is 2. The number of aryl methyl sites for hydroxylation is 1. The molecule has 1 aromatic carbocycles. The predicted octanol–water partition coefficient (Wildman–Crippen LogP) is 3.28. The minimum absolute atomic E-state index is 0.0395. The summed E-state index contributed by atoms with van der Waals surface area (Å²) in [5, 5.41) is 6.66. The van der Waals surface area contributed by atoms with E-state index in [1.54, 1.807) is 6.20 Å². The lowest BCUT2D eigenvalue weighted by molar-refractivity contribution is -0.122. The number of aromatic nitrogens is 2. The molecule has 1 heterocycles. The number of primary amides is 1. The number of nitrogens with two attached hydrogens (primary N) is 1. The Morgan fingerprint density at radius 3 is 2.86 bits per heavy atom. The van der Waals surface area contributed by atoms with E-state index in [1.807, 2.05) is 31.2 Å². The highest BCUT2D eigenvalue weighted by Gasteiger charge is 2.26. The van der Waals surface area contributed by atoms with E-state index in [-0.39, 0.29) is 30.1 Å². The van der Waals surface area contributed by atoms with Crippen LogP contribution in [0.4, 0.5) is 17.5 Å². The molecular weight excluding hydrogens is 366 g/mol. The summed E-state index contributed by atoms with van der Waals surface area (Å²) >= 11 is 0. The molecule has 7 heteroatoms. The highest BCUT2D eigenvalue weighted by Crippen LogP contribution is 2.27. The van der Waals surface area contributed by atoms with Gasteiger partial charge < -0.3 is 16.4 Å². The number of carbonyl (C=O) groups excluding carboxylic acids is 2. The molecule has 2 atom stereocenters. The van der Waals surface area contributed by atoms with Crippen LogP contribution in [-0.2, 0) is 16.0 Å². The third kappa shape index (κ3) is 5.40. The summed E-state index contributed by atoms with van der Waals surface area (Å²) in [4.78, 5) is 32.3. The summed E-state index contributed by atoms with van der Waals surface area (Å²) in [6.45, 7) is 5.46. The van der Waals surface area contributed by atoms with Crippen LogP contribution in [0.15, 0.2) is 43.1 Å². The van der Waals surface area contributed by atoms with Crippen LogP contribution in [0.5, 0.6) is 0 Å². The second kappa shape index (κ2) is 9.32. The van der Waals surface area contributed by atoms with Crippen LogP contribution in [0, 0.1) is 12.8 Å². The van der Waals surface area contributed by atoms with Crippen LogP contribution in [0.2, 0.25) is 0 Å². The number of allylic oxidation sites excluding steroid dienone is 1. The van der Waals surface area contributed by atoms with E-state index in [0.29, 0.717) is 18.2 Å². The molecule has 29 heavy (non-hydrogen) atoms. The Morgan fingerprint density at radius 1 is 1.31 bits per heavy atom. The number of carbonyl (C=O) groups is 2. The van der Waals surface area contributed by atoms with Gasteiger partial charge in [-0.15, -0.1) is 0 Å². The van der Waals surface area contributed by atoms with Crippen molar-refractivity contribution in [3.05, 3.63) is 54.2 Å². The molecule has 0 aliphatic heterocycles. The van der Waals surface area contributed by atoms with Gasteiger partial charge in [-0.05, 0) is 43.9 Å². The number of ketones is 1. The average molecular weight is 393 g/mol. The fourth-order valence-corrected chi connectivity index (χ4v) is 3.58. The zero-order valence-corrected chi connectivity index (χ0v) is 16.6. The van der Waals surface area contributed by atoms with Crippen molar-refractivity contribution < 1.29 is 9.59 Å². The number of rotatable bonds is 8. The Labute approximate surface area is 170 Å². The first-order valence-electron chi connectivity index (χ1n) is 9.86. The highest BCUT2D eigenvalue weighted by molar-refractivity contribution is 5.92. The Hall–Kier alpha value is -3.22. The zero-order valence-electron chi connectivity index (χ0n) is 16.6. The van der Waals surface area contributed by atoms with Gasteiger partial charge in [-0.25, -0.2) is 4.98 Å². The number of hydrogen-bond donors (Lipinski definition) is 3. The topological polar surface area (TPSA) is 110 Å². The predicted molar refractivity (Wildman–Crippen MR) is 114 cm³/mol. The van der Waals surface area contributed by atoms with Crippen LogP contribution >= 0.6 is 0 Å². The van der Waals surface area contributed by atoms with Crippen LogP contribution < -0.4 is 16.4 Å². The van der Waals surface area contributed by atoms with Crippen LogP contribution in [-0.4, -0.2) is 27.7 Å². The molecule has 0 radical (unpaired) electrons. The van der Waals surface area contributed by atoms with Gasteiger partial charge in [0.05, 0.1) is 0 Å². The molecule has 1 saturated carbocycles. The van der Waals surface area contributed by atoms with Gasteiger partial charge in [0.15, 0.2) is 5.78 Å². The van der Waals surface area contributed by atoms with Crippen molar-refractivity contribution in [3.63, 3.8) is 0 Å². The Bertz CT molecular complexity index is 912. The summed E-state index contributed by atoms with van der Waals surface area (Å²) < 4.78 is 0. The molecule has 1 fully saturated rings. The Kier molecular flexibility index (Phi) is 6.59. The summed E-state index contributed by atoms with van der Waals surface area (Å²) in [5.74, 6) is 0.798. The molecule has 3 rings (SSSR count). The molecule has 152 valence electrons. The second-order valence-electron chi connectivity index (χ2n) is 7.46. The monoisotopic (exact) mass is 393 g/mol. The lowest BCUT2D eigenvalue weighted by atomic mass is 9.85. The second-order valence-corrected chi connectivity index (χ2v) is 7.46. The van der Waals surface area contributed by atoms with Crippen molar-refractivity contribution in [1.82, 2.24) is 9.97 Å². The molecular formula is C22H27N5O2. The van der Waals surface area contributed by atoms with Gasteiger partial charge in [0.1, 0.15) is 5.82 Å². The van der Waals surface area contributed by atoms with Gasteiger partial charge in [-0.1, -0.05) is 31.2 Å². The highest BCUT2D eigenvalue weighted by atomic mass is 16.1. The number of nitrogens with one attached hydrogen (secondary N) is 2. The number of anilines is 3. The maximum Gasteiger partial charge on any atom is 0.224 e. The van der Waals surface area contributed by atoms with Gasteiger partial charge >= 0.3 is 0 Å². The fraction of sp³-hybridized carbons (Fsp3) is 0.364. The SMILES string of the molecule is C=CC(=O)Cc1ccccc1Nc1nc(N[C@H]2CCC[C@@H](C(N)=O)C2)ncc1C. The van der Waals surface area contributed by atoms with Crippen molar-refractivity contribution in [2.45, 2.75) is 45.1 Å². The molecule has 1 aliphatic carbocycles. The number of amides is 1. The first-order chi connectivity index (χ1) is 14.0. The van der Waals surface area contributed by atoms with Crippen molar-refractivity contribution in [1.29, 1.82) is 0 Å². The first kappa shape index (κ1) is 20.5. The normalized spacial score (nSPS) is 18.7. The number of benzene rings is 1. The summed E-state index contributed by atoms with van der Waals surface area (Å²) in [7, 11) is 0.